The minimum Gasteiger partial charge on any atom is -0.352 e. The molecular formula is C14H22N2O. The summed E-state index contributed by atoms with van der Waals surface area (Å²) >= 11 is 0. The lowest BCUT2D eigenvalue weighted by atomic mass is 10.1. The zero-order valence-corrected chi connectivity index (χ0v) is 10.7. The SMILES string of the molecule is CC(C)CCNC(=O)c1cccc(CCN)c1. The first-order valence-electron chi connectivity index (χ1n) is 6.20. The van der Waals surface area contributed by atoms with Gasteiger partial charge in [0.2, 0.25) is 0 Å². The Kier molecular flexibility index (Phi) is 5.70. The van der Waals surface area contributed by atoms with Gasteiger partial charge in [-0.1, -0.05) is 26.0 Å². The summed E-state index contributed by atoms with van der Waals surface area (Å²) < 4.78 is 0. The van der Waals surface area contributed by atoms with E-state index in [4.69, 9.17) is 5.73 Å². The molecule has 1 amide bonds. The standard InChI is InChI=1S/C14H22N2O/c1-11(2)7-9-16-14(17)13-5-3-4-12(10-13)6-8-15/h3-5,10-11H,6-9,15H2,1-2H3,(H,16,17). The Labute approximate surface area is 103 Å². The summed E-state index contributed by atoms with van der Waals surface area (Å²) in [6.45, 7) is 5.64. The molecule has 1 aromatic carbocycles. The number of hydrogen-bond donors (Lipinski definition) is 2. The quantitative estimate of drug-likeness (QED) is 0.790. The van der Waals surface area contributed by atoms with Crippen LogP contribution in [0.4, 0.5) is 0 Å². The summed E-state index contributed by atoms with van der Waals surface area (Å²) in [5, 5.41) is 2.93. The van der Waals surface area contributed by atoms with Crippen LogP contribution in [0.2, 0.25) is 0 Å². The van der Waals surface area contributed by atoms with Crippen molar-refractivity contribution < 1.29 is 4.79 Å². The van der Waals surface area contributed by atoms with E-state index < -0.39 is 0 Å². The molecule has 0 saturated carbocycles. The van der Waals surface area contributed by atoms with Crippen LogP contribution >= 0.6 is 0 Å². The van der Waals surface area contributed by atoms with Crippen LogP contribution in [0.3, 0.4) is 0 Å². The average Bonchev–Trinajstić information content (AvgIpc) is 2.29. The van der Waals surface area contributed by atoms with Crippen molar-refractivity contribution in [2.45, 2.75) is 26.7 Å². The molecule has 94 valence electrons. The van der Waals surface area contributed by atoms with Crippen molar-refractivity contribution in [3.63, 3.8) is 0 Å². The Morgan fingerprint density at radius 3 is 2.82 bits per heavy atom. The van der Waals surface area contributed by atoms with Gasteiger partial charge >= 0.3 is 0 Å². The first-order chi connectivity index (χ1) is 8.13. The Morgan fingerprint density at radius 2 is 2.18 bits per heavy atom. The molecule has 0 fully saturated rings. The number of benzene rings is 1. The van der Waals surface area contributed by atoms with Crippen molar-refractivity contribution >= 4 is 5.91 Å². The Hall–Kier alpha value is -1.35. The van der Waals surface area contributed by atoms with Gasteiger partial charge in [0.05, 0.1) is 0 Å². The van der Waals surface area contributed by atoms with E-state index in [0.29, 0.717) is 12.5 Å². The van der Waals surface area contributed by atoms with Crippen molar-refractivity contribution in [2.24, 2.45) is 11.7 Å². The molecule has 0 aromatic heterocycles. The lowest BCUT2D eigenvalue weighted by Crippen LogP contribution is -2.25. The molecule has 0 heterocycles. The molecule has 1 aromatic rings. The minimum atomic E-state index is 0.00419. The molecule has 0 bridgehead atoms. The van der Waals surface area contributed by atoms with Crippen LogP contribution in [-0.4, -0.2) is 19.0 Å². The maximum atomic E-state index is 11.8. The van der Waals surface area contributed by atoms with E-state index in [2.05, 4.69) is 19.2 Å². The highest BCUT2D eigenvalue weighted by atomic mass is 16.1. The average molecular weight is 234 g/mol. The third-order valence-electron chi connectivity index (χ3n) is 2.63. The largest absolute Gasteiger partial charge is 0.352 e. The van der Waals surface area contributed by atoms with E-state index in [0.717, 1.165) is 30.5 Å². The maximum absolute atomic E-state index is 11.8. The molecular weight excluding hydrogens is 212 g/mol. The van der Waals surface area contributed by atoms with E-state index in [1.807, 2.05) is 24.3 Å². The second kappa shape index (κ2) is 7.07. The predicted molar refractivity (Wildman–Crippen MR) is 71.0 cm³/mol. The normalized spacial score (nSPS) is 10.6. The number of nitrogens with one attached hydrogen (secondary N) is 1. The van der Waals surface area contributed by atoms with E-state index in [1.165, 1.54) is 0 Å². The molecule has 0 aliphatic heterocycles. The fourth-order valence-corrected chi connectivity index (χ4v) is 1.61. The van der Waals surface area contributed by atoms with Gasteiger partial charge < -0.3 is 11.1 Å². The Morgan fingerprint density at radius 1 is 1.41 bits per heavy atom. The topological polar surface area (TPSA) is 55.1 Å². The highest BCUT2D eigenvalue weighted by Crippen LogP contribution is 2.06. The zero-order chi connectivity index (χ0) is 12.7. The smallest absolute Gasteiger partial charge is 0.251 e. The van der Waals surface area contributed by atoms with Crippen molar-refractivity contribution in [1.29, 1.82) is 0 Å². The summed E-state index contributed by atoms with van der Waals surface area (Å²) in [4.78, 5) is 11.8. The number of nitrogens with two attached hydrogens (primary N) is 1. The van der Waals surface area contributed by atoms with E-state index in [9.17, 15) is 4.79 Å². The lowest BCUT2D eigenvalue weighted by Gasteiger charge is -2.08. The number of amides is 1. The molecule has 0 saturated heterocycles. The molecule has 0 atom stereocenters. The number of carbonyl (C=O) groups is 1. The van der Waals surface area contributed by atoms with Crippen molar-refractivity contribution in [2.75, 3.05) is 13.1 Å². The van der Waals surface area contributed by atoms with Gasteiger partial charge in [-0.05, 0) is 43.0 Å². The Balaban J connectivity index is 2.53. The van der Waals surface area contributed by atoms with Crippen LogP contribution in [-0.2, 0) is 6.42 Å². The molecule has 0 spiro atoms. The van der Waals surface area contributed by atoms with Crippen LogP contribution < -0.4 is 11.1 Å². The molecule has 0 unspecified atom stereocenters. The lowest BCUT2D eigenvalue weighted by molar-refractivity contribution is 0.0952. The highest BCUT2D eigenvalue weighted by Gasteiger charge is 2.05. The van der Waals surface area contributed by atoms with Crippen molar-refractivity contribution in [1.82, 2.24) is 5.32 Å². The first-order valence-corrected chi connectivity index (χ1v) is 6.20. The molecule has 17 heavy (non-hydrogen) atoms. The number of carbonyl (C=O) groups excluding carboxylic acids is 1. The van der Waals surface area contributed by atoms with Gasteiger partial charge in [-0.3, -0.25) is 4.79 Å². The van der Waals surface area contributed by atoms with Gasteiger partial charge in [-0.15, -0.1) is 0 Å². The molecule has 0 aliphatic rings. The summed E-state index contributed by atoms with van der Waals surface area (Å²) in [6, 6.07) is 7.66. The fraction of sp³-hybridized carbons (Fsp3) is 0.500. The predicted octanol–water partition coefficient (Wildman–Crippen LogP) is 1.96. The fourth-order valence-electron chi connectivity index (χ4n) is 1.61. The summed E-state index contributed by atoms with van der Waals surface area (Å²) in [6.07, 6.45) is 1.82. The summed E-state index contributed by atoms with van der Waals surface area (Å²) in [5.74, 6) is 0.614. The van der Waals surface area contributed by atoms with E-state index >= 15 is 0 Å². The Bertz CT molecular complexity index is 361. The highest BCUT2D eigenvalue weighted by molar-refractivity contribution is 5.94. The molecule has 0 aliphatic carbocycles. The van der Waals surface area contributed by atoms with Crippen molar-refractivity contribution in [3.05, 3.63) is 35.4 Å². The third kappa shape index (κ3) is 5.00. The van der Waals surface area contributed by atoms with Crippen LogP contribution in [0.15, 0.2) is 24.3 Å². The molecule has 0 radical (unpaired) electrons. The summed E-state index contributed by atoms with van der Waals surface area (Å²) in [5.41, 5.74) is 7.34. The van der Waals surface area contributed by atoms with E-state index in [-0.39, 0.29) is 5.91 Å². The van der Waals surface area contributed by atoms with Crippen LogP contribution in [0.1, 0.15) is 36.2 Å². The summed E-state index contributed by atoms with van der Waals surface area (Å²) in [7, 11) is 0. The van der Waals surface area contributed by atoms with Gasteiger partial charge in [-0.2, -0.15) is 0 Å². The van der Waals surface area contributed by atoms with Crippen LogP contribution in [0, 0.1) is 5.92 Å². The molecule has 3 heteroatoms. The van der Waals surface area contributed by atoms with Crippen molar-refractivity contribution in [3.8, 4) is 0 Å². The van der Waals surface area contributed by atoms with Crippen LogP contribution in [0.5, 0.6) is 0 Å². The van der Waals surface area contributed by atoms with Gasteiger partial charge in [-0.25, -0.2) is 0 Å². The number of rotatable bonds is 6. The number of hydrogen-bond acceptors (Lipinski definition) is 2. The van der Waals surface area contributed by atoms with E-state index in [1.54, 1.807) is 0 Å². The molecule has 3 nitrogen and oxygen atoms in total. The van der Waals surface area contributed by atoms with Gasteiger partial charge in [0.1, 0.15) is 0 Å². The second-order valence-electron chi connectivity index (χ2n) is 4.68. The third-order valence-corrected chi connectivity index (χ3v) is 2.63. The van der Waals surface area contributed by atoms with Gasteiger partial charge in [0, 0.05) is 12.1 Å². The van der Waals surface area contributed by atoms with Crippen LogP contribution in [0.25, 0.3) is 0 Å². The monoisotopic (exact) mass is 234 g/mol. The molecule has 3 N–H and O–H groups in total. The van der Waals surface area contributed by atoms with Gasteiger partial charge in [0.25, 0.3) is 5.91 Å². The molecule has 1 rings (SSSR count). The second-order valence-corrected chi connectivity index (χ2v) is 4.68. The minimum absolute atomic E-state index is 0.00419. The van der Waals surface area contributed by atoms with Gasteiger partial charge in [0.15, 0.2) is 0 Å². The zero-order valence-electron chi connectivity index (χ0n) is 10.7. The maximum Gasteiger partial charge on any atom is 0.251 e. The first kappa shape index (κ1) is 13.7.